The van der Waals surface area contributed by atoms with Gasteiger partial charge in [-0.1, -0.05) is 44.2 Å². The quantitative estimate of drug-likeness (QED) is 0.855. The third kappa shape index (κ3) is 3.54. The lowest BCUT2D eigenvalue weighted by Gasteiger charge is -2.20. The molecule has 0 aliphatic rings. The first-order valence-corrected chi connectivity index (χ1v) is 7.03. The number of ketones is 1. The van der Waals surface area contributed by atoms with Crippen LogP contribution in [0.15, 0.2) is 34.7 Å². The van der Waals surface area contributed by atoms with Crippen molar-refractivity contribution in [2.45, 2.75) is 39.2 Å². The maximum Gasteiger partial charge on any atom is 0.285 e. The number of hydrogen-bond acceptors (Lipinski definition) is 5. The number of benzene rings is 1. The molecule has 6 heteroatoms. The molecule has 0 aliphatic heterocycles. The highest BCUT2D eigenvalue weighted by atomic mass is 35.5. The Bertz CT molecular complexity index is 623. The Labute approximate surface area is 136 Å². The average molecular weight is 324 g/mol. The van der Waals surface area contributed by atoms with Crippen molar-refractivity contribution in [3.8, 4) is 0 Å². The van der Waals surface area contributed by atoms with Crippen LogP contribution in [0.2, 0.25) is 0 Å². The topological polar surface area (TPSA) is 82.0 Å². The van der Waals surface area contributed by atoms with Crippen LogP contribution in [0.25, 0.3) is 0 Å². The van der Waals surface area contributed by atoms with Gasteiger partial charge >= 0.3 is 0 Å². The van der Waals surface area contributed by atoms with Crippen LogP contribution in [0, 0.1) is 5.92 Å². The standard InChI is InChI=1S/C16H21N3O2.ClH/c1-10(2)12(17)13(20)14-18-19-15(21-14)16(3,4)11-8-6-5-7-9-11;/h5-10,12H,17H2,1-4H3;1H/t12-;/m0./s1. The number of nitrogens with zero attached hydrogens (tertiary/aromatic N) is 2. The molecule has 0 aliphatic carbocycles. The van der Waals surface area contributed by atoms with Crippen LogP contribution in [0.5, 0.6) is 0 Å². The largest absolute Gasteiger partial charge is 0.417 e. The van der Waals surface area contributed by atoms with Crippen molar-refractivity contribution in [2.24, 2.45) is 11.7 Å². The average Bonchev–Trinajstić information content (AvgIpc) is 2.97. The predicted molar refractivity (Wildman–Crippen MR) is 87.3 cm³/mol. The summed E-state index contributed by atoms with van der Waals surface area (Å²) in [5, 5.41) is 7.90. The molecule has 1 aromatic carbocycles. The molecule has 2 rings (SSSR count). The van der Waals surface area contributed by atoms with Crippen molar-refractivity contribution in [3.63, 3.8) is 0 Å². The Morgan fingerprint density at radius 2 is 1.77 bits per heavy atom. The van der Waals surface area contributed by atoms with Gasteiger partial charge in [0.15, 0.2) is 0 Å². The van der Waals surface area contributed by atoms with E-state index in [9.17, 15) is 4.79 Å². The molecule has 0 fully saturated rings. The van der Waals surface area contributed by atoms with Crippen LogP contribution in [-0.4, -0.2) is 22.0 Å². The number of rotatable bonds is 5. The Morgan fingerprint density at radius 1 is 1.18 bits per heavy atom. The van der Waals surface area contributed by atoms with E-state index in [0.29, 0.717) is 5.89 Å². The maximum absolute atomic E-state index is 12.1. The van der Waals surface area contributed by atoms with Gasteiger partial charge in [-0.15, -0.1) is 22.6 Å². The highest BCUT2D eigenvalue weighted by molar-refractivity contribution is 5.96. The minimum atomic E-state index is -0.627. The fourth-order valence-electron chi connectivity index (χ4n) is 2.00. The van der Waals surface area contributed by atoms with Crippen LogP contribution in [0.4, 0.5) is 0 Å². The summed E-state index contributed by atoms with van der Waals surface area (Å²) in [6.45, 7) is 7.72. The highest BCUT2D eigenvalue weighted by Gasteiger charge is 2.32. The van der Waals surface area contributed by atoms with Gasteiger partial charge in [0.05, 0.1) is 11.5 Å². The van der Waals surface area contributed by atoms with Crippen molar-refractivity contribution < 1.29 is 9.21 Å². The summed E-state index contributed by atoms with van der Waals surface area (Å²) in [7, 11) is 0. The van der Waals surface area contributed by atoms with E-state index in [0.717, 1.165) is 5.56 Å². The van der Waals surface area contributed by atoms with Crippen LogP contribution < -0.4 is 5.73 Å². The molecule has 0 amide bonds. The van der Waals surface area contributed by atoms with Gasteiger partial charge in [-0.25, -0.2) is 0 Å². The third-order valence-electron chi connectivity index (χ3n) is 3.69. The van der Waals surface area contributed by atoms with E-state index >= 15 is 0 Å². The van der Waals surface area contributed by atoms with Crippen molar-refractivity contribution in [3.05, 3.63) is 47.7 Å². The maximum atomic E-state index is 12.1. The monoisotopic (exact) mass is 323 g/mol. The molecule has 0 radical (unpaired) electrons. The Kier molecular flexibility index (Phi) is 5.85. The number of aromatic nitrogens is 2. The molecule has 0 saturated heterocycles. The van der Waals surface area contributed by atoms with E-state index in [1.54, 1.807) is 0 Å². The minimum Gasteiger partial charge on any atom is -0.417 e. The number of hydrogen-bond donors (Lipinski definition) is 1. The second-order valence-corrected chi connectivity index (χ2v) is 6.04. The SMILES string of the molecule is CC(C)[C@H](N)C(=O)c1nnc(C(C)(C)c2ccccc2)o1.Cl. The number of carbonyl (C=O) groups excluding carboxylic acids is 1. The summed E-state index contributed by atoms with van der Waals surface area (Å²) in [6, 6.07) is 9.21. The molecule has 120 valence electrons. The van der Waals surface area contributed by atoms with Crippen LogP contribution in [0.3, 0.4) is 0 Å². The van der Waals surface area contributed by atoms with E-state index < -0.39 is 11.5 Å². The molecule has 2 aromatic rings. The summed E-state index contributed by atoms with van der Waals surface area (Å²) in [4.78, 5) is 12.1. The van der Waals surface area contributed by atoms with Gasteiger partial charge in [-0.05, 0) is 25.3 Å². The molecule has 1 heterocycles. The minimum absolute atomic E-state index is 0. The molecule has 5 nitrogen and oxygen atoms in total. The second kappa shape index (κ2) is 7.03. The fourth-order valence-corrected chi connectivity index (χ4v) is 2.00. The highest BCUT2D eigenvalue weighted by Crippen LogP contribution is 2.30. The van der Waals surface area contributed by atoms with Gasteiger partial charge in [0.25, 0.3) is 5.89 Å². The van der Waals surface area contributed by atoms with Gasteiger partial charge < -0.3 is 10.2 Å². The smallest absolute Gasteiger partial charge is 0.285 e. The predicted octanol–water partition coefficient (Wildman–Crippen LogP) is 2.98. The molecular formula is C16H22ClN3O2. The lowest BCUT2D eigenvalue weighted by molar-refractivity contribution is 0.0902. The lowest BCUT2D eigenvalue weighted by atomic mass is 9.85. The van der Waals surface area contributed by atoms with Gasteiger partial charge in [0.2, 0.25) is 11.7 Å². The van der Waals surface area contributed by atoms with Crippen molar-refractivity contribution >= 4 is 18.2 Å². The first-order chi connectivity index (χ1) is 9.84. The van der Waals surface area contributed by atoms with Gasteiger partial charge in [-0.3, -0.25) is 4.79 Å². The first-order valence-electron chi connectivity index (χ1n) is 7.03. The van der Waals surface area contributed by atoms with Crippen molar-refractivity contribution in [1.82, 2.24) is 10.2 Å². The normalized spacial score (nSPS) is 12.8. The molecule has 0 saturated carbocycles. The summed E-state index contributed by atoms with van der Waals surface area (Å²) in [5.74, 6) is 0.103. The zero-order valence-electron chi connectivity index (χ0n) is 13.2. The molecule has 0 unspecified atom stereocenters. The summed E-state index contributed by atoms with van der Waals surface area (Å²) in [5.41, 5.74) is 6.42. The van der Waals surface area contributed by atoms with E-state index in [2.05, 4.69) is 10.2 Å². The Morgan fingerprint density at radius 3 is 2.32 bits per heavy atom. The van der Waals surface area contributed by atoms with E-state index in [-0.39, 0.29) is 30.0 Å². The molecule has 2 N–H and O–H groups in total. The number of halogens is 1. The van der Waals surface area contributed by atoms with Crippen LogP contribution >= 0.6 is 12.4 Å². The third-order valence-corrected chi connectivity index (χ3v) is 3.69. The molecule has 1 aromatic heterocycles. The van der Waals surface area contributed by atoms with Gasteiger partial charge in [0, 0.05) is 0 Å². The molecule has 0 bridgehead atoms. The molecule has 22 heavy (non-hydrogen) atoms. The van der Waals surface area contributed by atoms with E-state index in [1.165, 1.54) is 0 Å². The second-order valence-electron chi connectivity index (χ2n) is 6.04. The van der Waals surface area contributed by atoms with E-state index in [1.807, 2.05) is 58.0 Å². The zero-order valence-corrected chi connectivity index (χ0v) is 14.1. The van der Waals surface area contributed by atoms with Crippen LogP contribution in [-0.2, 0) is 5.41 Å². The molecular weight excluding hydrogens is 302 g/mol. The molecule has 0 spiro atoms. The van der Waals surface area contributed by atoms with Gasteiger partial charge in [0.1, 0.15) is 0 Å². The number of Topliss-reactive ketones (excluding diaryl/α,β-unsaturated/α-hetero) is 1. The Hall–Kier alpha value is -1.72. The first kappa shape index (κ1) is 18.3. The Balaban J connectivity index is 0.00000242. The summed E-state index contributed by atoms with van der Waals surface area (Å²) >= 11 is 0. The van der Waals surface area contributed by atoms with Crippen molar-refractivity contribution in [2.75, 3.05) is 0 Å². The summed E-state index contributed by atoms with van der Waals surface area (Å²) in [6.07, 6.45) is 0. The zero-order chi connectivity index (χ0) is 15.6. The summed E-state index contributed by atoms with van der Waals surface area (Å²) < 4.78 is 5.58. The lowest BCUT2D eigenvalue weighted by Crippen LogP contribution is -2.35. The van der Waals surface area contributed by atoms with E-state index in [4.69, 9.17) is 10.2 Å². The molecule has 1 atom stereocenters. The van der Waals surface area contributed by atoms with Crippen molar-refractivity contribution in [1.29, 1.82) is 0 Å². The fraction of sp³-hybridized carbons (Fsp3) is 0.438. The number of nitrogens with two attached hydrogens (primary N) is 1. The number of carbonyl (C=O) groups is 1. The van der Waals surface area contributed by atoms with Gasteiger partial charge in [-0.2, -0.15) is 0 Å². The van der Waals surface area contributed by atoms with Crippen LogP contribution in [0.1, 0.15) is 49.8 Å².